The zero-order chi connectivity index (χ0) is 38.7. The van der Waals surface area contributed by atoms with E-state index < -0.39 is 17.8 Å². The third-order valence-electron chi connectivity index (χ3n) is 9.49. The van der Waals surface area contributed by atoms with Gasteiger partial charge in [-0.3, -0.25) is 0 Å². The van der Waals surface area contributed by atoms with Crippen LogP contribution in [0.1, 0.15) is 130 Å². The van der Waals surface area contributed by atoms with Crippen molar-refractivity contribution >= 4 is 11.9 Å². The number of esters is 2. The lowest BCUT2D eigenvalue weighted by Gasteiger charge is -2.09. The first-order chi connectivity index (χ1) is 26.9. The number of rotatable bonds is 23. The molecule has 0 N–H and O–H groups in total. The molecule has 0 aliphatic carbocycles. The maximum absolute atomic E-state index is 14.7. The standard InChI is InChI=1S/C46H53FN2O6/c1-3-5-7-9-10-11-12-13-14-16-32-52-42-31-26-38(33-41(42)47)46(51)54-39-27-22-35(23-28-39)43-48-44(55-49-43)36-24-29-40(30-25-36)53-45(50)37-20-18-34(19-21-37)17-15-8-6-4-2/h18-31,33H,3-17,32H2,1-2H3. The molecular weight excluding hydrogens is 696 g/mol. The summed E-state index contributed by atoms with van der Waals surface area (Å²) in [5.41, 5.74) is 3.08. The highest BCUT2D eigenvalue weighted by molar-refractivity contribution is 5.91. The number of benzene rings is 4. The number of nitrogens with zero attached hydrogens (tertiary/aromatic N) is 2. The fourth-order valence-corrected chi connectivity index (χ4v) is 6.21. The fraction of sp³-hybridized carbons (Fsp3) is 0.391. The van der Waals surface area contributed by atoms with Crippen LogP contribution in [-0.4, -0.2) is 28.7 Å². The van der Waals surface area contributed by atoms with Crippen LogP contribution >= 0.6 is 0 Å². The van der Waals surface area contributed by atoms with Crippen molar-refractivity contribution in [3.05, 3.63) is 114 Å². The minimum absolute atomic E-state index is 0.0820. The Kier molecular flexibility index (Phi) is 16.5. The molecule has 0 atom stereocenters. The minimum atomic E-state index is -0.685. The van der Waals surface area contributed by atoms with Gasteiger partial charge in [0.05, 0.1) is 17.7 Å². The highest BCUT2D eigenvalue weighted by Crippen LogP contribution is 2.27. The molecule has 290 valence electrons. The lowest BCUT2D eigenvalue weighted by molar-refractivity contribution is 0.0725. The van der Waals surface area contributed by atoms with Gasteiger partial charge in [-0.15, -0.1) is 0 Å². The quantitative estimate of drug-likeness (QED) is 0.0370. The fourth-order valence-electron chi connectivity index (χ4n) is 6.21. The molecule has 0 saturated heterocycles. The van der Waals surface area contributed by atoms with Gasteiger partial charge in [0.1, 0.15) is 11.5 Å². The molecule has 4 aromatic carbocycles. The summed E-state index contributed by atoms with van der Waals surface area (Å²) in [4.78, 5) is 30.0. The molecule has 0 radical (unpaired) electrons. The van der Waals surface area contributed by atoms with Crippen LogP contribution in [0.2, 0.25) is 0 Å². The van der Waals surface area contributed by atoms with E-state index >= 15 is 0 Å². The Balaban J connectivity index is 1.05. The molecule has 0 amide bonds. The number of unbranched alkanes of at least 4 members (excludes halogenated alkanes) is 12. The van der Waals surface area contributed by atoms with Crippen molar-refractivity contribution in [1.82, 2.24) is 10.1 Å². The first-order valence-corrected chi connectivity index (χ1v) is 19.9. The summed E-state index contributed by atoms with van der Waals surface area (Å²) >= 11 is 0. The number of aryl methyl sites for hydroxylation is 1. The van der Waals surface area contributed by atoms with Crippen LogP contribution in [0.15, 0.2) is 95.5 Å². The van der Waals surface area contributed by atoms with E-state index in [-0.39, 0.29) is 23.0 Å². The number of ether oxygens (including phenoxy) is 3. The first kappa shape index (κ1) is 40.9. The molecule has 0 bridgehead atoms. The van der Waals surface area contributed by atoms with E-state index in [4.69, 9.17) is 18.7 Å². The third-order valence-corrected chi connectivity index (χ3v) is 9.49. The second-order valence-corrected chi connectivity index (χ2v) is 13.9. The van der Waals surface area contributed by atoms with E-state index in [1.165, 1.54) is 81.9 Å². The Labute approximate surface area is 324 Å². The number of carbonyl (C=O) groups excluding carboxylic acids is 2. The van der Waals surface area contributed by atoms with Crippen molar-refractivity contribution in [2.45, 2.75) is 110 Å². The number of halogens is 1. The average Bonchev–Trinajstić information content (AvgIpc) is 3.70. The van der Waals surface area contributed by atoms with Gasteiger partial charge in [0.2, 0.25) is 5.82 Å². The van der Waals surface area contributed by atoms with Crippen molar-refractivity contribution in [2.24, 2.45) is 0 Å². The summed E-state index contributed by atoms with van der Waals surface area (Å²) < 4.78 is 36.9. The summed E-state index contributed by atoms with van der Waals surface area (Å²) in [5.74, 6) is -0.283. The van der Waals surface area contributed by atoms with Crippen molar-refractivity contribution in [1.29, 1.82) is 0 Å². The van der Waals surface area contributed by atoms with Crippen LogP contribution in [-0.2, 0) is 6.42 Å². The normalized spacial score (nSPS) is 11.0. The summed E-state index contributed by atoms with van der Waals surface area (Å²) in [6.07, 6.45) is 17.9. The number of hydrogen-bond donors (Lipinski definition) is 0. The molecule has 0 spiro atoms. The lowest BCUT2D eigenvalue weighted by atomic mass is 10.0. The molecular formula is C46H53FN2O6. The van der Waals surface area contributed by atoms with Crippen LogP contribution in [0.4, 0.5) is 4.39 Å². The highest BCUT2D eigenvalue weighted by atomic mass is 19.1. The molecule has 0 aliphatic rings. The Morgan fingerprint density at radius 1 is 0.600 bits per heavy atom. The van der Waals surface area contributed by atoms with E-state index in [0.717, 1.165) is 38.2 Å². The van der Waals surface area contributed by atoms with Crippen LogP contribution in [0.25, 0.3) is 22.8 Å². The van der Waals surface area contributed by atoms with Gasteiger partial charge in [-0.1, -0.05) is 108 Å². The third kappa shape index (κ3) is 13.2. The van der Waals surface area contributed by atoms with Crippen LogP contribution < -0.4 is 14.2 Å². The predicted octanol–water partition coefficient (Wildman–Crippen LogP) is 12.4. The van der Waals surface area contributed by atoms with Crippen LogP contribution in [0, 0.1) is 5.82 Å². The smallest absolute Gasteiger partial charge is 0.343 e. The molecule has 8 nitrogen and oxygen atoms in total. The average molecular weight is 749 g/mol. The summed E-state index contributed by atoms with van der Waals surface area (Å²) in [7, 11) is 0. The monoisotopic (exact) mass is 748 g/mol. The topological polar surface area (TPSA) is 101 Å². The van der Waals surface area contributed by atoms with Crippen LogP contribution in [0.5, 0.6) is 17.2 Å². The van der Waals surface area contributed by atoms with Gasteiger partial charge < -0.3 is 18.7 Å². The van der Waals surface area contributed by atoms with Crippen molar-refractivity contribution in [3.63, 3.8) is 0 Å². The largest absolute Gasteiger partial charge is 0.491 e. The Morgan fingerprint density at radius 2 is 1.13 bits per heavy atom. The van der Waals surface area contributed by atoms with E-state index in [1.54, 1.807) is 60.7 Å². The second kappa shape index (κ2) is 22.2. The highest BCUT2D eigenvalue weighted by Gasteiger charge is 2.16. The molecule has 1 aromatic heterocycles. The maximum atomic E-state index is 14.7. The van der Waals surface area contributed by atoms with Gasteiger partial charge in [0.25, 0.3) is 5.89 Å². The zero-order valence-corrected chi connectivity index (χ0v) is 32.2. The van der Waals surface area contributed by atoms with Crippen molar-refractivity contribution < 1.29 is 32.7 Å². The Bertz CT molecular complexity index is 1900. The molecule has 5 aromatic rings. The molecule has 5 rings (SSSR count). The van der Waals surface area contributed by atoms with Gasteiger partial charge in [-0.25, -0.2) is 14.0 Å². The van der Waals surface area contributed by atoms with Gasteiger partial charge >= 0.3 is 11.9 Å². The van der Waals surface area contributed by atoms with Crippen LogP contribution in [0.3, 0.4) is 0 Å². The predicted molar refractivity (Wildman–Crippen MR) is 213 cm³/mol. The van der Waals surface area contributed by atoms with Crippen molar-refractivity contribution in [2.75, 3.05) is 6.61 Å². The SMILES string of the molecule is CCCCCCCCCCCCOc1ccc(C(=O)Oc2ccc(-c3noc(-c4ccc(OC(=O)c5ccc(CCCCCC)cc5)cc4)n3)cc2)cc1F. The van der Waals surface area contributed by atoms with E-state index in [1.807, 2.05) is 12.1 Å². The molecule has 55 heavy (non-hydrogen) atoms. The second-order valence-electron chi connectivity index (χ2n) is 13.9. The molecule has 0 unspecified atom stereocenters. The van der Waals surface area contributed by atoms with E-state index in [2.05, 4.69) is 24.0 Å². The summed E-state index contributed by atoms with van der Waals surface area (Å²) in [6, 6.07) is 25.1. The summed E-state index contributed by atoms with van der Waals surface area (Å²) in [5, 5.41) is 4.09. The first-order valence-electron chi connectivity index (χ1n) is 19.9. The minimum Gasteiger partial charge on any atom is -0.491 e. The van der Waals surface area contributed by atoms with Gasteiger partial charge in [0.15, 0.2) is 11.6 Å². The maximum Gasteiger partial charge on any atom is 0.343 e. The molecule has 9 heteroatoms. The number of hydrogen-bond acceptors (Lipinski definition) is 8. The molecule has 0 fully saturated rings. The Morgan fingerprint density at radius 3 is 1.73 bits per heavy atom. The van der Waals surface area contributed by atoms with Crippen molar-refractivity contribution in [3.8, 4) is 40.1 Å². The molecule has 0 saturated carbocycles. The summed E-state index contributed by atoms with van der Waals surface area (Å²) in [6.45, 7) is 4.86. The van der Waals surface area contributed by atoms with Gasteiger partial charge in [0, 0.05) is 11.1 Å². The van der Waals surface area contributed by atoms with E-state index in [9.17, 15) is 14.0 Å². The number of carbonyl (C=O) groups is 2. The zero-order valence-electron chi connectivity index (χ0n) is 32.2. The molecule has 0 aliphatic heterocycles. The molecule has 1 heterocycles. The van der Waals surface area contributed by atoms with Gasteiger partial charge in [-0.2, -0.15) is 4.98 Å². The lowest BCUT2D eigenvalue weighted by Crippen LogP contribution is -2.09. The Hall–Kier alpha value is -5.31. The number of aromatic nitrogens is 2. The van der Waals surface area contributed by atoms with Gasteiger partial charge in [-0.05, 0) is 104 Å². The van der Waals surface area contributed by atoms with E-state index in [0.29, 0.717) is 34.9 Å².